The number of carbonyl (C=O) groups excluding carboxylic acids is 1. The first kappa shape index (κ1) is 19.5. The maximum Gasteiger partial charge on any atom is 0.411 e. The molecule has 1 aliphatic rings. The lowest BCUT2D eigenvalue weighted by atomic mass is 9.93. The quantitative estimate of drug-likeness (QED) is 0.812. The number of hydrogen-bond donors (Lipinski definition) is 1. The molecular weight excluding hydrogens is 297 g/mol. The Morgan fingerprint density at radius 3 is 2.45 bits per heavy atom. The third-order valence-electron chi connectivity index (χ3n) is 3.26. The Hall–Kier alpha value is -0.530. The molecule has 0 unspecified atom stereocenters. The van der Waals surface area contributed by atoms with Crippen LogP contribution in [0.4, 0.5) is 13.2 Å². The minimum absolute atomic E-state index is 0. The lowest BCUT2D eigenvalue weighted by Gasteiger charge is -2.32. The van der Waals surface area contributed by atoms with Crippen LogP contribution in [0.15, 0.2) is 0 Å². The molecule has 120 valence electrons. The van der Waals surface area contributed by atoms with E-state index in [2.05, 4.69) is 10.1 Å². The average Bonchev–Trinajstić information content (AvgIpc) is 2.35. The number of nitrogens with zero attached hydrogens (tertiary/aromatic N) is 1. The Kier molecular flexibility index (Phi) is 9.16. The van der Waals surface area contributed by atoms with E-state index in [1.54, 1.807) is 4.90 Å². The lowest BCUT2D eigenvalue weighted by Crippen LogP contribution is -2.41. The topological polar surface area (TPSA) is 41.6 Å². The summed E-state index contributed by atoms with van der Waals surface area (Å²) < 4.78 is 40.0. The standard InChI is InChI=1S/C12H21F3N2O2.ClH/c1-16-5-2-10-3-6-17(7-4-10)11(18)8-19-9-12(13,14)15;/h10,16H,2-9H2,1H3;1H. The third kappa shape index (κ3) is 7.91. The average molecular weight is 319 g/mol. The van der Waals surface area contributed by atoms with E-state index in [1.165, 1.54) is 0 Å². The predicted molar refractivity (Wildman–Crippen MR) is 72.0 cm³/mol. The summed E-state index contributed by atoms with van der Waals surface area (Å²) in [6.07, 6.45) is -1.48. The van der Waals surface area contributed by atoms with Crippen LogP contribution in [0.3, 0.4) is 0 Å². The van der Waals surface area contributed by atoms with E-state index < -0.39 is 19.4 Å². The van der Waals surface area contributed by atoms with Crippen molar-refractivity contribution < 1.29 is 22.7 Å². The lowest BCUT2D eigenvalue weighted by molar-refractivity contribution is -0.178. The molecule has 0 bridgehead atoms. The molecule has 0 saturated carbocycles. The zero-order chi connectivity index (χ0) is 14.3. The van der Waals surface area contributed by atoms with Gasteiger partial charge in [0.1, 0.15) is 13.2 Å². The van der Waals surface area contributed by atoms with Crippen LogP contribution in [-0.2, 0) is 9.53 Å². The number of piperidine rings is 1. The van der Waals surface area contributed by atoms with Crippen molar-refractivity contribution in [2.24, 2.45) is 5.92 Å². The molecule has 0 radical (unpaired) electrons. The van der Waals surface area contributed by atoms with Gasteiger partial charge in [0.25, 0.3) is 0 Å². The number of carbonyl (C=O) groups is 1. The summed E-state index contributed by atoms with van der Waals surface area (Å²) in [5, 5.41) is 3.08. The summed E-state index contributed by atoms with van der Waals surface area (Å²) in [6.45, 7) is 0.330. The Labute approximate surface area is 123 Å². The molecule has 0 aliphatic carbocycles. The highest BCUT2D eigenvalue weighted by molar-refractivity contribution is 5.85. The van der Waals surface area contributed by atoms with Crippen LogP contribution < -0.4 is 5.32 Å². The van der Waals surface area contributed by atoms with Gasteiger partial charge in [-0.2, -0.15) is 13.2 Å². The minimum Gasteiger partial charge on any atom is -0.362 e. The Bertz CT molecular complexity index is 282. The first-order valence-corrected chi connectivity index (χ1v) is 6.49. The van der Waals surface area contributed by atoms with Crippen molar-refractivity contribution in [1.29, 1.82) is 0 Å². The molecule has 1 fully saturated rings. The zero-order valence-electron chi connectivity index (χ0n) is 11.5. The van der Waals surface area contributed by atoms with Gasteiger partial charge >= 0.3 is 6.18 Å². The van der Waals surface area contributed by atoms with Gasteiger partial charge in [-0.25, -0.2) is 0 Å². The Balaban J connectivity index is 0.00000361. The number of ether oxygens (including phenoxy) is 1. The summed E-state index contributed by atoms with van der Waals surface area (Å²) in [5.74, 6) is 0.240. The highest BCUT2D eigenvalue weighted by Gasteiger charge is 2.29. The molecule has 0 aromatic heterocycles. The molecule has 1 N–H and O–H groups in total. The van der Waals surface area contributed by atoms with Gasteiger partial charge in [0.2, 0.25) is 5.91 Å². The smallest absolute Gasteiger partial charge is 0.362 e. The van der Waals surface area contributed by atoms with E-state index in [9.17, 15) is 18.0 Å². The molecule has 0 aromatic carbocycles. The van der Waals surface area contributed by atoms with E-state index in [0.29, 0.717) is 19.0 Å². The van der Waals surface area contributed by atoms with Gasteiger partial charge in [0.05, 0.1) is 0 Å². The fourth-order valence-electron chi connectivity index (χ4n) is 2.16. The van der Waals surface area contributed by atoms with E-state index in [4.69, 9.17) is 0 Å². The highest BCUT2D eigenvalue weighted by Crippen LogP contribution is 2.20. The van der Waals surface area contributed by atoms with Crippen LogP contribution in [0.25, 0.3) is 0 Å². The number of nitrogens with one attached hydrogen (secondary N) is 1. The van der Waals surface area contributed by atoms with Crippen molar-refractivity contribution in [2.75, 3.05) is 39.9 Å². The van der Waals surface area contributed by atoms with Gasteiger partial charge < -0.3 is 15.0 Å². The second-order valence-electron chi connectivity index (χ2n) is 4.82. The van der Waals surface area contributed by atoms with Crippen LogP contribution in [-0.4, -0.2) is 56.9 Å². The molecule has 1 saturated heterocycles. The Morgan fingerprint density at radius 1 is 1.35 bits per heavy atom. The second-order valence-corrected chi connectivity index (χ2v) is 4.82. The molecule has 8 heteroatoms. The fraction of sp³-hybridized carbons (Fsp3) is 0.917. The summed E-state index contributed by atoms with van der Waals surface area (Å²) >= 11 is 0. The van der Waals surface area contributed by atoms with Crippen molar-refractivity contribution in [1.82, 2.24) is 10.2 Å². The molecule has 20 heavy (non-hydrogen) atoms. The highest BCUT2D eigenvalue weighted by atomic mass is 35.5. The van der Waals surface area contributed by atoms with Crippen LogP contribution in [0.2, 0.25) is 0 Å². The number of amides is 1. The molecular formula is C12H22ClF3N2O2. The minimum atomic E-state index is -4.37. The van der Waals surface area contributed by atoms with Crippen molar-refractivity contribution in [3.05, 3.63) is 0 Å². The number of halogens is 4. The van der Waals surface area contributed by atoms with Crippen molar-refractivity contribution in [2.45, 2.75) is 25.4 Å². The third-order valence-corrected chi connectivity index (χ3v) is 3.26. The zero-order valence-corrected chi connectivity index (χ0v) is 12.4. The molecule has 1 heterocycles. The second kappa shape index (κ2) is 9.41. The molecule has 0 aromatic rings. The largest absolute Gasteiger partial charge is 0.411 e. The fourth-order valence-corrected chi connectivity index (χ4v) is 2.16. The summed E-state index contributed by atoms with van der Waals surface area (Å²) in [6, 6.07) is 0. The first-order chi connectivity index (χ1) is 8.92. The SMILES string of the molecule is CNCCC1CCN(C(=O)COCC(F)(F)F)CC1.Cl. The number of hydrogen-bond acceptors (Lipinski definition) is 3. The van der Waals surface area contributed by atoms with Crippen LogP contribution in [0, 0.1) is 5.92 Å². The van der Waals surface area contributed by atoms with Gasteiger partial charge in [0.15, 0.2) is 0 Å². The van der Waals surface area contributed by atoms with Crippen molar-refractivity contribution in [3.63, 3.8) is 0 Å². The summed E-state index contributed by atoms with van der Waals surface area (Å²) in [4.78, 5) is 13.2. The van der Waals surface area contributed by atoms with Crippen molar-refractivity contribution >= 4 is 18.3 Å². The number of likely N-dealkylation sites (tertiary alicyclic amines) is 1. The molecule has 1 aliphatic heterocycles. The van der Waals surface area contributed by atoms with E-state index in [1.807, 2.05) is 7.05 Å². The van der Waals surface area contributed by atoms with Crippen LogP contribution in [0.1, 0.15) is 19.3 Å². The van der Waals surface area contributed by atoms with Crippen LogP contribution in [0.5, 0.6) is 0 Å². The monoisotopic (exact) mass is 318 g/mol. The molecule has 0 spiro atoms. The molecule has 1 rings (SSSR count). The molecule has 0 atom stereocenters. The molecule has 1 amide bonds. The molecule has 4 nitrogen and oxygen atoms in total. The normalized spacial score (nSPS) is 16.9. The van der Waals surface area contributed by atoms with Gasteiger partial charge in [-0.3, -0.25) is 4.79 Å². The summed E-state index contributed by atoms with van der Waals surface area (Å²) in [7, 11) is 1.90. The van der Waals surface area contributed by atoms with Gasteiger partial charge in [0, 0.05) is 13.1 Å². The van der Waals surface area contributed by atoms with E-state index >= 15 is 0 Å². The van der Waals surface area contributed by atoms with Crippen LogP contribution >= 0.6 is 12.4 Å². The first-order valence-electron chi connectivity index (χ1n) is 6.49. The van der Waals surface area contributed by atoms with E-state index in [-0.39, 0.29) is 18.3 Å². The summed E-state index contributed by atoms with van der Waals surface area (Å²) in [5.41, 5.74) is 0. The predicted octanol–water partition coefficient (Wildman–Crippen LogP) is 1.84. The maximum atomic E-state index is 11.9. The van der Waals surface area contributed by atoms with Crippen molar-refractivity contribution in [3.8, 4) is 0 Å². The van der Waals surface area contributed by atoms with Gasteiger partial charge in [-0.1, -0.05) is 0 Å². The number of alkyl halides is 3. The maximum absolute atomic E-state index is 11.9. The Morgan fingerprint density at radius 2 is 1.95 bits per heavy atom. The number of rotatable bonds is 6. The van der Waals surface area contributed by atoms with E-state index in [0.717, 1.165) is 25.8 Å². The van der Waals surface area contributed by atoms with Gasteiger partial charge in [-0.05, 0) is 38.8 Å². The van der Waals surface area contributed by atoms with Gasteiger partial charge in [-0.15, -0.1) is 12.4 Å².